The van der Waals surface area contributed by atoms with Gasteiger partial charge in [0.15, 0.2) is 17.1 Å². The predicted molar refractivity (Wildman–Crippen MR) is 215 cm³/mol. The Balaban J connectivity index is 0.000000223. The number of nitrogens with zero attached hydrogens (tertiary/aromatic N) is 7. The van der Waals surface area contributed by atoms with Gasteiger partial charge in [-0.3, -0.25) is 14.5 Å². The zero-order chi connectivity index (χ0) is 42.8. The van der Waals surface area contributed by atoms with Gasteiger partial charge in [-0.25, -0.2) is 49.5 Å². The van der Waals surface area contributed by atoms with Gasteiger partial charge in [-0.15, -0.1) is 0 Å². The number of primary amides is 1. The van der Waals surface area contributed by atoms with Crippen LogP contribution >= 0.6 is 0 Å². The molecule has 0 aliphatic carbocycles. The molecule has 4 heterocycles. The molecule has 0 bridgehead atoms. The van der Waals surface area contributed by atoms with Crippen molar-refractivity contribution in [1.29, 1.82) is 0 Å². The average molecular weight is 833 g/mol. The minimum Gasteiger partial charge on any atom is -0.460 e. The van der Waals surface area contributed by atoms with E-state index in [1.807, 2.05) is 13.8 Å². The Morgan fingerprint density at radius 2 is 1.12 bits per heavy atom. The van der Waals surface area contributed by atoms with Gasteiger partial charge in [-0.1, -0.05) is 35.4 Å². The van der Waals surface area contributed by atoms with Crippen LogP contribution in [0.4, 0.5) is 10.6 Å². The van der Waals surface area contributed by atoms with Crippen molar-refractivity contribution in [3.8, 4) is 0 Å². The lowest BCUT2D eigenvalue weighted by Crippen LogP contribution is -2.42. The SMILES string of the molecule is Cc1ccc(S(=O)(=O)n2ccc3nc(CC(=O)OC(C)(C)C)cnc32)cc1.Cc1ccc(S(=O)(=O)n2ccc3nc(N(CC(N)=O)C(=O)OC(C)(C)C)cnc32)cc1. The van der Waals surface area contributed by atoms with E-state index < -0.39 is 55.8 Å². The summed E-state index contributed by atoms with van der Waals surface area (Å²) in [6.45, 7) is 13.7. The van der Waals surface area contributed by atoms with Gasteiger partial charge in [-0.05, 0) is 91.8 Å². The van der Waals surface area contributed by atoms with Crippen LogP contribution in [0.25, 0.3) is 22.3 Å². The molecule has 0 aliphatic heterocycles. The molecule has 0 saturated heterocycles. The van der Waals surface area contributed by atoms with Gasteiger partial charge in [-0.2, -0.15) is 0 Å². The number of nitrogens with two attached hydrogens (primary N) is 1. The lowest BCUT2D eigenvalue weighted by molar-refractivity contribution is -0.154. The first kappa shape index (κ1) is 42.9. The van der Waals surface area contributed by atoms with Crippen LogP contribution in [0.5, 0.6) is 0 Å². The van der Waals surface area contributed by atoms with Crippen LogP contribution in [0.2, 0.25) is 0 Å². The molecule has 17 nitrogen and oxygen atoms in total. The zero-order valence-electron chi connectivity index (χ0n) is 33.2. The number of hydrogen-bond donors (Lipinski definition) is 1. The molecule has 4 aromatic heterocycles. The third-order valence-electron chi connectivity index (χ3n) is 7.85. The highest BCUT2D eigenvalue weighted by molar-refractivity contribution is 7.90. The summed E-state index contributed by atoms with van der Waals surface area (Å²) in [5, 5.41) is 0. The minimum atomic E-state index is -3.90. The fourth-order valence-corrected chi connectivity index (χ4v) is 7.88. The second-order valence-electron chi connectivity index (χ2n) is 15.2. The molecule has 0 fully saturated rings. The molecule has 0 atom stereocenters. The fraction of sp³-hybridized carbons (Fsp3) is 0.308. The number of carbonyl (C=O) groups excluding carboxylic acids is 3. The van der Waals surface area contributed by atoms with Crippen LogP contribution in [0.15, 0.2) is 95.2 Å². The first-order chi connectivity index (χ1) is 26.9. The topological polar surface area (TPSA) is 229 Å². The highest BCUT2D eigenvalue weighted by Crippen LogP contribution is 2.24. The van der Waals surface area contributed by atoms with E-state index in [4.69, 9.17) is 15.2 Å². The third kappa shape index (κ3) is 10.2. The first-order valence-corrected chi connectivity index (χ1v) is 20.6. The number of amides is 2. The van der Waals surface area contributed by atoms with Crippen molar-refractivity contribution in [3.63, 3.8) is 0 Å². The molecule has 0 radical (unpaired) electrons. The molecular formula is C39H44N8O9S2. The van der Waals surface area contributed by atoms with Crippen LogP contribution < -0.4 is 10.6 Å². The summed E-state index contributed by atoms with van der Waals surface area (Å²) < 4.78 is 64.4. The summed E-state index contributed by atoms with van der Waals surface area (Å²) in [5.74, 6) is -1.18. The number of esters is 1. The third-order valence-corrected chi connectivity index (χ3v) is 11.2. The Bertz CT molecular complexity index is 2710. The number of ether oxygens (including phenoxy) is 2. The van der Waals surface area contributed by atoms with Crippen LogP contribution in [0, 0.1) is 13.8 Å². The van der Waals surface area contributed by atoms with Crippen molar-refractivity contribution in [1.82, 2.24) is 27.9 Å². The van der Waals surface area contributed by atoms with Crippen LogP contribution in [0.3, 0.4) is 0 Å². The van der Waals surface area contributed by atoms with Gasteiger partial charge in [0.25, 0.3) is 20.0 Å². The molecular weight excluding hydrogens is 789 g/mol. The number of benzene rings is 2. The van der Waals surface area contributed by atoms with E-state index >= 15 is 0 Å². The maximum absolute atomic E-state index is 13.0. The number of rotatable bonds is 9. The van der Waals surface area contributed by atoms with Crippen molar-refractivity contribution in [2.75, 3.05) is 11.4 Å². The van der Waals surface area contributed by atoms with Crippen molar-refractivity contribution in [2.45, 2.75) is 82.8 Å². The second kappa shape index (κ2) is 16.3. The monoisotopic (exact) mass is 832 g/mol. The van der Waals surface area contributed by atoms with E-state index in [0.29, 0.717) is 11.2 Å². The van der Waals surface area contributed by atoms with E-state index in [9.17, 15) is 31.2 Å². The zero-order valence-corrected chi connectivity index (χ0v) is 34.8. The lowest BCUT2D eigenvalue weighted by Gasteiger charge is -2.25. The van der Waals surface area contributed by atoms with Crippen LogP contribution in [0.1, 0.15) is 58.4 Å². The molecule has 2 N–H and O–H groups in total. The van der Waals surface area contributed by atoms with Crippen LogP contribution in [-0.2, 0) is 45.5 Å². The van der Waals surface area contributed by atoms with E-state index in [-0.39, 0.29) is 38.8 Å². The van der Waals surface area contributed by atoms with E-state index in [1.165, 1.54) is 43.0 Å². The van der Waals surface area contributed by atoms with Gasteiger partial charge < -0.3 is 15.2 Å². The van der Waals surface area contributed by atoms with Gasteiger partial charge >= 0.3 is 12.1 Å². The molecule has 0 spiro atoms. The Labute approximate surface area is 335 Å². The molecule has 306 valence electrons. The lowest BCUT2D eigenvalue weighted by atomic mass is 10.2. The summed E-state index contributed by atoms with van der Waals surface area (Å²) in [6, 6.07) is 16.0. The van der Waals surface area contributed by atoms with Crippen molar-refractivity contribution in [2.24, 2.45) is 5.73 Å². The normalized spacial score (nSPS) is 12.1. The van der Waals surface area contributed by atoms with E-state index in [1.54, 1.807) is 84.0 Å². The Kier molecular flexibility index (Phi) is 12.1. The Morgan fingerprint density at radius 1 is 0.672 bits per heavy atom. The summed E-state index contributed by atoms with van der Waals surface area (Å²) in [6.07, 6.45) is 4.47. The molecule has 6 aromatic rings. The Hall–Kier alpha value is -6.21. The van der Waals surface area contributed by atoms with Crippen LogP contribution in [-0.4, -0.2) is 80.4 Å². The Morgan fingerprint density at radius 3 is 1.57 bits per heavy atom. The molecule has 0 unspecified atom stereocenters. The fourth-order valence-electron chi connectivity index (χ4n) is 5.29. The van der Waals surface area contributed by atoms with Gasteiger partial charge in [0.1, 0.15) is 28.8 Å². The number of anilines is 1. The molecule has 58 heavy (non-hydrogen) atoms. The molecule has 2 amide bonds. The summed E-state index contributed by atoms with van der Waals surface area (Å²) >= 11 is 0. The van der Waals surface area contributed by atoms with Gasteiger partial charge in [0.2, 0.25) is 5.91 Å². The first-order valence-electron chi connectivity index (χ1n) is 17.8. The molecule has 0 aliphatic rings. The summed E-state index contributed by atoms with van der Waals surface area (Å²) in [7, 11) is -7.67. The van der Waals surface area contributed by atoms with Gasteiger partial charge in [0.05, 0.1) is 34.3 Å². The summed E-state index contributed by atoms with van der Waals surface area (Å²) in [5.41, 5.74) is 7.08. The average Bonchev–Trinajstić information content (AvgIpc) is 3.74. The maximum Gasteiger partial charge on any atom is 0.416 e. The predicted octanol–water partition coefficient (Wildman–Crippen LogP) is 5.06. The summed E-state index contributed by atoms with van der Waals surface area (Å²) in [4.78, 5) is 54.2. The molecule has 0 saturated carbocycles. The second-order valence-corrected chi connectivity index (χ2v) is 18.8. The highest BCUT2D eigenvalue weighted by Gasteiger charge is 2.28. The standard InChI is InChI=1S/C20H23N5O5S.C19H21N3O4S/c1-13-5-7-14(8-6-13)31(28,29)25-10-9-15-18(25)22-11-17(23-15)24(12-16(21)26)19(27)30-20(2,3)4;1-13-5-7-15(8-6-13)27(24,25)22-10-9-16-18(22)20-12-14(21-16)11-17(23)26-19(2,3)4/h5-11H,12H2,1-4H3,(H2,21,26);5-10,12H,11H2,1-4H3. The quantitative estimate of drug-likeness (QED) is 0.188. The minimum absolute atomic E-state index is 0.00559. The number of fused-ring (bicyclic) bond motifs is 2. The maximum atomic E-state index is 13.0. The molecule has 19 heteroatoms. The number of carbonyl (C=O) groups is 3. The van der Waals surface area contributed by atoms with Crippen molar-refractivity contribution < 1.29 is 40.7 Å². The van der Waals surface area contributed by atoms with E-state index in [2.05, 4.69) is 19.9 Å². The number of aromatic nitrogens is 6. The van der Waals surface area contributed by atoms with Crippen molar-refractivity contribution in [3.05, 3.63) is 102 Å². The smallest absolute Gasteiger partial charge is 0.416 e. The highest BCUT2D eigenvalue weighted by atomic mass is 32.2. The van der Waals surface area contributed by atoms with Gasteiger partial charge in [0, 0.05) is 12.4 Å². The molecule has 6 rings (SSSR count). The molecule has 2 aromatic carbocycles. The number of hydrogen-bond acceptors (Lipinski definition) is 13. The van der Waals surface area contributed by atoms with E-state index in [0.717, 1.165) is 24.0 Å². The number of aryl methyl sites for hydroxylation is 2. The largest absolute Gasteiger partial charge is 0.460 e. The van der Waals surface area contributed by atoms with Crippen molar-refractivity contribution >= 4 is 66.2 Å².